The van der Waals surface area contributed by atoms with Crippen LogP contribution >= 0.6 is 42.5 Å². The van der Waals surface area contributed by atoms with Crippen LogP contribution in [0.1, 0.15) is 6.42 Å². The van der Waals surface area contributed by atoms with Crippen molar-refractivity contribution in [3.63, 3.8) is 0 Å². The lowest BCUT2D eigenvalue weighted by molar-refractivity contribution is 1.13. The molecular weight excluding hydrogens is 360 g/mol. The third kappa shape index (κ3) is 2.48. The van der Waals surface area contributed by atoms with Crippen molar-refractivity contribution in [1.82, 2.24) is 9.97 Å². The van der Waals surface area contributed by atoms with E-state index < -0.39 is 0 Å². The Kier molecular flexibility index (Phi) is 3.58. The van der Waals surface area contributed by atoms with Crippen LogP contribution in [0.3, 0.4) is 0 Å². The average molecular weight is 377 g/mol. The summed E-state index contributed by atoms with van der Waals surface area (Å²) in [7, 11) is -0.287. The van der Waals surface area contributed by atoms with Gasteiger partial charge in [0.1, 0.15) is 8.68 Å². The molecule has 0 spiro atoms. The maximum absolute atomic E-state index is 4.96. The highest BCUT2D eigenvalue weighted by molar-refractivity contribution is 8.93. The summed E-state index contributed by atoms with van der Waals surface area (Å²) in [4.78, 5) is 9.93. The Morgan fingerprint density at radius 1 is 0.696 bits per heavy atom. The minimum absolute atomic E-state index is 0.143. The first-order valence-electron chi connectivity index (χ1n) is 7.65. The lowest BCUT2D eigenvalue weighted by atomic mass is 10.3. The van der Waals surface area contributed by atoms with Gasteiger partial charge in [-0.25, -0.2) is 9.97 Å². The van der Waals surface area contributed by atoms with Crippen molar-refractivity contribution in [1.29, 1.82) is 0 Å². The molecule has 1 saturated heterocycles. The van der Waals surface area contributed by atoms with Crippen molar-refractivity contribution in [2.45, 2.75) is 15.1 Å². The van der Waals surface area contributed by atoms with Crippen LogP contribution in [0.5, 0.6) is 0 Å². The van der Waals surface area contributed by atoms with Gasteiger partial charge in [0.05, 0.1) is 20.4 Å². The van der Waals surface area contributed by atoms with Gasteiger partial charge >= 0.3 is 0 Å². The predicted octanol–water partition coefficient (Wildman–Crippen LogP) is 5.65. The zero-order valence-electron chi connectivity index (χ0n) is 12.3. The Labute approximate surface area is 147 Å². The number of benzene rings is 2. The van der Waals surface area contributed by atoms with Crippen molar-refractivity contribution in [2.75, 3.05) is 11.5 Å². The summed E-state index contributed by atoms with van der Waals surface area (Å²) >= 11 is 3.82. The van der Waals surface area contributed by atoms with Gasteiger partial charge in [0, 0.05) is 0 Å². The summed E-state index contributed by atoms with van der Waals surface area (Å²) in [6.45, 7) is 0. The second kappa shape index (κ2) is 5.77. The first-order valence-corrected chi connectivity index (χ1v) is 13.0. The molecule has 23 heavy (non-hydrogen) atoms. The van der Waals surface area contributed by atoms with Crippen molar-refractivity contribution in [3.05, 3.63) is 48.5 Å². The van der Waals surface area contributed by atoms with Crippen LogP contribution < -0.4 is 0 Å². The van der Waals surface area contributed by atoms with Crippen LogP contribution in [0.2, 0.25) is 0 Å². The Balaban J connectivity index is 1.56. The van der Waals surface area contributed by atoms with E-state index in [0.29, 0.717) is 0 Å². The first-order chi connectivity index (χ1) is 11.4. The summed E-state index contributed by atoms with van der Waals surface area (Å²) in [6.07, 6.45) is 1.34. The zero-order chi connectivity index (χ0) is 15.2. The third-order valence-corrected chi connectivity index (χ3v) is 15.6. The van der Waals surface area contributed by atoms with Crippen molar-refractivity contribution < 1.29 is 0 Å². The number of fused-ring (bicyclic) bond motifs is 2. The van der Waals surface area contributed by atoms with Gasteiger partial charge < -0.3 is 0 Å². The molecule has 1 fully saturated rings. The molecule has 0 bridgehead atoms. The van der Waals surface area contributed by atoms with Gasteiger partial charge in [0.25, 0.3) is 0 Å². The summed E-state index contributed by atoms with van der Waals surface area (Å²) in [5, 5.41) is 0. The summed E-state index contributed by atoms with van der Waals surface area (Å²) in [5.41, 5.74) is 2.34. The lowest BCUT2D eigenvalue weighted by Gasteiger charge is -2.23. The molecule has 3 heterocycles. The SMILES string of the molecule is c1ccc2sc([SH]3CCC[SH]3c3nc4ccccc4s3)nc2c1. The summed E-state index contributed by atoms with van der Waals surface area (Å²) in [5.74, 6) is 2.66. The molecule has 0 N–H and O–H groups in total. The molecular formula is C17H16N2S4. The monoisotopic (exact) mass is 376 g/mol. The number of thiazole rings is 2. The Bertz CT molecular complexity index is 844. The highest BCUT2D eigenvalue weighted by atomic mass is 33.2. The lowest BCUT2D eigenvalue weighted by Crippen LogP contribution is -1.83. The molecule has 1 aliphatic rings. The number of para-hydroxylation sites is 2. The van der Waals surface area contributed by atoms with Gasteiger partial charge in [-0.05, 0) is 42.2 Å². The van der Waals surface area contributed by atoms with Crippen LogP contribution in [0.4, 0.5) is 0 Å². The highest BCUT2D eigenvalue weighted by Crippen LogP contribution is 2.69. The number of rotatable bonds is 2. The van der Waals surface area contributed by atoms with E-state index in [0.717, 1.165) is 0 Å². The van der Waals surface area contributed by atoms with Crippen LogP contribution in [0, 0.1) is 0 Å². The van der Waals surface area contributed by atoms with Crippen LogP contribution in [-0.4, -0.2) is 21.5 Å². The number of hydrogen-bond donors (Lipinski definition) is 2. The maximum atomic E-state index is 4.96. The normalized spacial score (nSPS) is 24.5. The number of nitrogens with zero attached hydrogens (tertiary/aromatic N) is 2. The molecule has 0 radical (unpaired) electrons. The largest absolute Gasteiger partial charge is 0.231 e. The molecule has 118 valence electrons. The van der Waals surface area contributed by atoms with Gasteiger partial charge in [-0.3, -0.25) is 0 Å². The second-order valence-corrected chi connectivity index (χ2v) is 14.4. The van der Waals surface area contributed by atoms with Gasteiger partial charge in [-0.15, -0.1) is 22.7 Å². The number of hydrogen-bond acceptors (Lipinski definition) is 4. The fourth-order valence-corrected chi connectivity index (χ4v) is 15.5. The van der Waals surface area contributed by atoms with E-state index in [9.17, 15) is 0 Å². The zero-order valence-corrected chi connectivity index (χ0v) is 15.8. The molecule has 2 aromatic heterocycles. The van der Waals surface area contributed by atoms with E-state index in [1.165, 1.54) is 47.0 Å². The van der Waals surface area contributed by atoms with Crippen LogP contribution in [-0.2, 0) is 0 Å². The topological polar surface area (TPSA) is 25.8 Å². The van der Waals surface area contributed by atoms with Gasteiger partial charge in [-0.1, -0.05) is 24.3 Å². The van der Waals surface area contributed by atoms with E-state index >= 15 is 0 Å². The molecule has 1 aliphatic heterocycles. The molecule has 2 nitrogen and oxygen atoms in total. The molecule has 2 unspecified atom stereocenters. The van der Waals surface area contributed by atoms with Gasteiger partial charge in [0.15, 0.2) is 0 Å². The minimum atomic E-state index is -0.143. The molecule has 2 aromatic carbocycles. The fraction of sp³-hybridized carbons (Fsp3) is 0.176. The van der Waals surface area contributed by atoms with E-state index in [1.807, 2.05) is 22.7 Å². The summed E-state index contributed by atoms with van der Waals surface area (Å²) in [6, 6.07) is 17.1. The Morgan fingerprint density at radius 2 is 1.17 bits per heavy atom. The van der Waals surface area contributed by atoms with E-state index in [2.05, 4.69) is 48.5 Å². The number of aromatic nitrogens is 2. The fourth-order valence-electron chi connectivity index (χ4n) is 2.95. The average Bonchev–Trinajstić information content (AvgIpc) is 3.30. The van der Waals surface area contributed by atoms with Crippen LogP contribution in [0.25, 0.3) is 20.4 Å². The maximum Gasteiger partial charge on any atom is 0.139 e. The Hall–Kier alpha value is -1.08. The van der Waals surface area contributed by atoms with E-state index in [4.69, 9.17) is 9.97 Å². The molecule has 6 heteroatoms. The highest BCUT2D eigenvalue weighted by Gasteiger charge is 2.28. The summed E-state index contributed by atoms with van der Waals surface area (Å²) < 4.78 is 5.44. The number of thiol groups is 2. The molecule has 5 rings (SSSR count). The predicted molar refractivity (Wildman–Crippen MR) is 108 cm³/mol. The second-order valence-electron chi connectivity index (χ2n) is 5.53. The van der Waals surface area contributed by atoms with Gasteiger partial charge in [0.2, 0.25) is 0 Å². The molecule has 0 saturated carbocycles. The standard InChI is InChI=1S/C17H16N2S4/c1-3-8-14-12(6-1)18-16(20-14)22-10-5-11-23(22)17-19-13-7-2-4-9-15(13)21-17/h1-4,6-9,22-23H,5,10-11H2. The molecule has 0 aliphatic carbocycles. The minimum Gasteiger partial charge on any atom is -0.231 e. The Morgan fingerprint density at radius 3 is 1.65 bits per heavy atom. The van der Waals surface area contributed by atoms with Crippen molar-refractivity contribution >= 4 is 63.0 Å². The van der Waals surface area contributed by atoms with Crippen LogP contribution in [0.15, 0.2) is 57.2 Å². The van der Waals surface area contributed by atoms with Crippen molar-refractivity contribution in [2.24, 2.45) is 0 Å². The smallest absolute Gasteiger partial charge is 0.139 e. The third-order valence-electron chi connectivity index (χ3n) is 4.04. The van der Waals surface area contributed by atoms with E-state index in [1.54, 1.807) is 0 Å². The quantitative estimate of drug-likeness (QED) is 0.349. The first kappa shape index (κ1) is 14.3. The van der Waals surface area contributed by atoms with Crippen molar-refractivity contribution in [3.8, 4) is 0 Å². The molecule has 4 aromatic rings. The molecule has 2 atom stereocenters. The van der Waals surface area contributed by atoms with Gasteiger partial charge in [-0.2, -0.15) is 19.9 Å². The molecule has 0 amide bonds. The van der Waals surface area contributed by atoms with E-state index in [-0.39, 0.29) is 19.9 Å².